The fourth-order valence-electron chi connectivity index (χ4n) is 1.81. The molecule has 0 bridgehead atoms. The zero-order chi connectivity index (χ0) is 18.5. The normalized spacial score (nSPS) is 11.0. The Hall–Kier alpha value is -2.27. The molecule has 10 nitrogen and oxygen atoms in total. The van der Waals surface area contributed by atoms with E-state index in [4.69, 9.17) is 4.55 Å². The summed E-state index contributed by atoms with van der Waals surface area (Å²) in [5.41, 5.74) is 0.294. The van der Waals surface area contributed by atoms with Crippen molar-refractivity contribution in [1.82, 2.24) is 20.6 Å². The summed E-state index contributed by atoms with van der Waals surface area (Å²) in [4.78, 5) is 34.0. The lowest BCUT2D eigenvalue weighted by Crippen LogP contribution is -2.32. The number of rotatable bonds is 7. The Bertz CT molecular complexity index is 733. The van der Waals surface area contributed by atoms with E-state index in [0.717, 1.165) is 0 Å². The van der Waals surface area contributed by atoms with Crippen LogP contribution in [0.5, 0.6) is 0 Å². The molecule has 3 N–H and O–H groups in total. The Labute approximate surface area is 140 Å². The number of carbonyl (C=O) groups is 2. The third kappa shape index (κ3) is 5.42. The Morgan fingerprint density at radius 1 is 1.12 bits per heavy atom. The fraction of sp³-hybridized carbons (Fsp3) is 0.538. The number of aromatic nitrogens is 2. The van der Waals surface area contributed by atoms with Gasteiger partial charge in [0.25, 0.3) is 21.9 Å². The second-order valence-corrected chi connectivity index (χ2v) is 6.70. The van der Waals surface area contributed by atoms with Crippen molar-refractivity contribution in [2.45, 2.75) is 13.8 Å². The highest BCUT2D eigenvalue weighted by molar-refractivity contribution is 7.85. The highest BCUT2D eigenvalue weighted by Gasteiger charge is 2.22. The third-order valence-corrected chi connectivity index (χ3v) is 3.61. The average Bonchev–Trinajstić information content (AvgIpc) is 2.45. The molecule has 0 radical (unpaired) electrons. The molecule has 134 valence electrons. The first-order valence-electron chi connectivity index (χ1n) is 7.14. The molecular formula is C13H21N5O5S. The molecule has 1 rings (SSSR count). The van der Waals surface area contributed by atoms with Crippen LogP contribution in [-0.2, 0) is 10.1 Å². The first-order chi connectivity index (χ1) is 11.1. The summed E-state index contributed by atoms with van der Waals surface area (Å²) in [6.07, 6.45) is 0. The molecule has 0 saturated carbocycles. The zero-order valence-corrected chi connectivity index (χ0v) is 14.8. The number of carbonyl (C=O) groups excluding carboxylic acids is 2. The molecule has 0 aliphatic rings. The number of nitrogens with zero attached hydrogens (tertiary/aromatic N) is 3. The topological polar surface area (TPSA) is 142 Å². The van der Waals surface area contributed by atoms with Crippen molar-refractivity contribution in [2.75, 3.05) is 37.8 Å². The van der Waals surface area contributed by atoms with E-state index in [1.54, 1.807) is 25.9 Å². The van der Waals surface area contributed by atoms with Crippen LogP contribution in [0.2, 0.25) is 0 Å². The van der Waals surface area contributed by atoms with E-state index in [0.29, 0.717) is 6.54 Å². The van der Waals surface area contributed by atoms with Gasteiger partial charge in [-0.3, -0.25) is 14.1 Å². The minimum atomic E-state index is -4.17. The van der Waals surface area contributed by atoms with Gasteiger partial charge in [-0.25, -0.2) is 9.97 Å². The van der Waals surface area contributed by atoms with Gasteiger partial charge in [-0.05, 0) is 13.8 Å². The molecule has 0 fully saturated rings. The van der Waals surface area contributed by atoms with E-state index in [1.165, 1.54) is 6.92 Å². The van der Waals surface area contributed by atoms with Gasteiger partial charge in [-0.15, -0.1) is 0 Å². The molecule has 0 aromatic carbocycles. The van der Waals surface area contributed by atoms with Gasteiger partial charge in [-0.2, -0.15) is 8.42 Å². The summed E-state index contributed by atoms with van der Waals surface area (Å²) in [7, 11) is -0.860. The molecule has 0 unspecified atom stereocenters. The lowest BCUT2D eigenvalue weighted by molar-refractivity contribution is 0.0935. The highest BCUT2D eigenvalue weighted by Crippen LogP contribution is 2.16. The van der Waals surface area contributed by atoms with Crippen LogP contribution in [0.3, 0.4) is 0 Å². The van der Waals surface area contributed by atoms with Gasteiger partial charge in [0.15, 0.2) is 17.2 Å². The minimum absolute atomic E-state index is 0.0258. The largest absolute Gasteiger partial charge is 0.361 e. The van der Waals surface area contributed by atoms with E-state index in [-0.39, 0.29) is 29.4 Å². The first-order valence-corrected chi connectivity index (χ1v) is 8.75. The molecule has 0 aliphatic heterocycles. The quantitative estimate of drug-likeness (QED) is 0.538. The van der Waals surface area contributed by atoms with Crippen LogP contribution in [0.15, 0.2) is 0 Å². The summed E-state index contributed by atoms with van der Waals surface area (Å²) >= 11 is 0. The van der Waals surface area contributed by atoms with Gasteiger partial charge < -0.3 is 15.5 Å². The van der Waals surface area contributed by atoms with E-state index >= 15 is 0 Å². The maximum absolute atomic E-state index is 12.1. The van der Waals surface area contributed by atoms with Crippen LogP contribution < -0.4 is 15.5 Å². The molecule has 0 atom stereocenters. The van der Waals surface area contributed by atoms with E-state index in [1.807, 2.05) is 0 Å². The van der Waals surface area contributed by atoms with Crippen LogP contribution in [0.4, 0.5) is 5.82 Å². The standard InChI is InChI=1S/C13H21N5O5S/c1-5-14-13(20)10-11(18(3)4)17-9(8(2)16-10)12(19)15-6-7-24(21,22)23/h5-7H2,1-4H3,(H,14,20)(H,15,19)(H,21,22,23). The molecule has 1 aromatic heterocycles. The summed E-state index contributed by atoms with van der Waals surface area (Å²) in [6, 6.07) is 0. The molecular weight excluding hydrogens is 338 g/mol. The van der Waals surface area contributed by atoms with Crippen LogP contribution >= 0.6 is 0 Å². The maximum atomic E-state index is 12.1. The van der Waals surface area contributed by atoms with Crippen LogP contribution in [-0.4, -0.2) is 67.7 Å². The van der Waals surface area contributed by atoms with Crippen molar-refractivity contribution in [3.05, 3.63) is 17.1 Å². The Morgan fingerprint density at radius 2 is 1.71 bits per heavy atom. The zero-order valence-electron chi connectivity index (χ0n) is 14.0. The Kier molecular flexibility index (Phi) is 6.60. The van der Waals surface area contributed by atoms with Crippen molar-refractivity contribution >= 4 is 27.8 Å². The molecule has 0 saturated heterocycles. The summed E-state index contributed by atoms with van der Waals surface area (Å²) in [5, 5.41) is 4.96. The summed E-state index contributed by atoms with van der Waals surface area (Å²) < 4.78 is 30.0. The van der Waals surface area contributed by atoms with Crippen molar-refractivity contribution in [1.29, 1.82) is 0 Å². The summed E-state index contributed by atoms with van der Waals surface area (Å²) in [5.74, 6) is -1.45. The van der Waals surface area contributed by atoms with Crippen molar-refractivity contribution in [3.63, 3.8) is 0 Å². The predicted octanol–water partition coefficient (Wildman–Crippen LogP) is -0.782. The second-order valence-electron chi connectivity index (χ2n) is 5.13. The average molecular weight is 359 g/mol. The van der Waals surface area contributed by atoms with Gasteiger partial charge in [0.05, 0.1) is 11.4 Å². The molecule has 11 heteroatoms. The maximum Gasteiger partial charge on any atom is 0.273 e. The number of anilines is 1. The molecule has 0 spiro atoms. The smallest absolute Gasteiger partial charge is 0.273 e. The number of amides is 2. The third-order valence-electron chi connectivity index (χ3n) is 2.89. The Balaban J connectivity index is 3.10. The highest BCUT2D eigenvalue weighted by atomic mass is 32.2. The lowest BCUT2D eigenvalue weighted by atomic mass is 10.2. The van der Waals surface area contributed by atoms with Gasteiger partial charge in [0.2, 0.25) is 0 Å². The van der Waals surface area contributed by atoms with E-state index in [2.05, 4.69) is 20.6 Å². The van der Waals surface area contributed by atoms with Gasteiger partial charge in [-0.1, -0.05) is 0 Å². The summed E-state index contributed by atoms with van der Waals surface area (Å²) in [6.45, 7) is 3.44. The predicted molar refractivity (Wildman–Crippen MR) is 87.9 cm³/mol. The Morgan fingerprint density at radius 3 is 2.21 bits per heavy atom. The number of hydrogen-bond acceptors (Lipinski definition) is 7. The van der Waals surface area contributed by atoms with Crippen LogP contribution in [0.1, 0.15) is 33.6 Å². The van der Waals surface area contributed by atoms with Crippen molar-refractivity contribution < 1.29 is 22.6 Å². The fourth-order valence-corrected chi connectivity index (χ4v) is 2.17. The van der Waals surface area contributed by atoms with Crippen LogP contribution in [0, 0.1) is 6.92 Å². The van der Waals surface area contributed by atoms with Gasteiger partial charge in [0.1, 0.15) is 0 Å². The minimum Gasteiger partial charge on any atom is -0.361 e. The number of hydrogen-bond donors (Lipinski definition) is 3. The van der Waals surface area contributed by atoms with Crippen molar-refractivity contribution in [3.8, 4) is 0 Å². The second kappa shape index (κ2) is 8.02. The molecule has 2 amide bonds. The number of nitrogens with one attached hydrogen (secondary N) is 2. The van der Waals surface area contributed by atoms with Gasteiger partial charge in [0, 0.05) is 27.2 Å². The van der Waals surface area contributed by atoms with Gasteiger partial charge >= 0.3 is 0 Å². The first kappa shape index (κ1) is 19.8. The molecule has 1 aromatic rings. The lowest BCUT2D eigenvalue weighted by Gasteiger charge is -2.17. The molecule has 24 heavy (non-hydrogen) atoms. The van der Waals surface area contributed by atoms with Crippen LogP contribution in [0.25, 0.3) is 0 Å². The van der Waals surface area contributed by atoms with Crippen molar-refractivity contribution in [2.24, 2.45) is 0 Å². The SMILES string of the molecule is CCNC(=O)c1nc(C)c(C(=O)NCCS(=O)(=O)O)nc1N(C)C. The number of aryl methyl sites for hydroxylation is 1. The monoisotopic (exact) mass is 359 g/mol. The van der Waals surface area contributed by atoms with E-state index < -0.39 is 27.7 Å². The molecule has 0 aliphatic carbocycles. The molecule has 1 heterocycles. The van der Waals surface area contributed by atoms with E-state index in [9.17, 15) is 18.0 Å².